The molecule has 0 fully saturated rings. The van der Waals surface area contributed by atoms with Gasteiger partial charge in [-0.3, -0.25) is 4.99 Å². The molecule has 0 saturated heterocycles. The van der Waals surface area contributed by atoms with Crippen LogP contribution in [0.4, 0.5) is 0 Å². The minimum Gasteiger partial charge on any atom is -0.508 e. The molecule has 0 radical (unpaired) electrons. The minimum atomic E-state index is -0.0423. The van der Waals surface area contributed by atoms with Crippen LogP contribution in [0.1, 0.15) is 22.7 Å². The van der Waals surface area contributed by atoms with Crippen LogP contribution in [0.3, 0.4) is 0 Å². The largest absolute Gasteiger partial charge is 0.508 e. The first-order chi connectivity index (χ1) is 15.2. The van der Waals surface area contributed by atoms with Crippen molar-refractivity contribution in [3.05, 3.63) is 126 Å². The van der Waals surface area contributed by atoms with Gasteiger partial charge in [0.05, 0.1) is 12.6 Å². The molecule has 3 aromatic rings. The molecule has 0 aromatic heterocycles. The lowest BCUT2D eigenvalue weighted by Crippen LogP contribution is -2.24. The third-order valence-electron chi connectivity index (χ3n) is 5.11. The van der Waals surface area contributed by atoms with Crippen molar-refractivity contribution in [3.8, 4) is 11.5 Å². The quantitative estimate of drug-likeness (QED) is 0.516. The number of aromatic hydroxyl groups is 2. The molecule has 0 saturated carbocycles. The van der Waals surface area contributed by atoms with Crippen LogP contribution in [-0.4, -0.2) is 27.9 Å². The predicted octanol–water partition coefficient (Wildman–Crippen LogP) is 5.68. The molecule has 1 heterocycles. The van der Waals surface area contributed by atoms with E-state index in [-0.39, 0.29) is 17.5 Å². The fourth-order valence-corrected chi connectivity index (χ4v) is 3.57. The first kappa shape index (κ1) is 20.2. The molecule has 0 aliphatic carbocycles. The minimum absolute atomic E-state index is 0.00347. The maximum Gasteiger partial charge on any atom is 0.128 e. The summed E-state index contributed by atoms with van der Waals surface area (Å²) in [5.41, 5.74) is 3.92. The molecule has 31 heavy (non-hydrogen) atoms. The highest BCUT2D eigenvalue weighted by molar-refractivity contribution is 5.83. The van der Waals surface area contributed by atoms with E-state index < -0.39 is 0 Å². The van der Waals surface area contributed by atoms with Gasteiger partial charge in [-0.05, 0) is 35.4 Å². The van der Waals surface area contributed by atoms with Crippen molar-refractivity contribution in [2.75, 3.05) is 6.54 Å². The smallest absolute Gasteiger partial charge is 0.128 e. The number of rotatable bonds is 6. The van der Waals surface area contributed by atoms with Gasteiger partial charge >= 0.3 is 0 Å². The number of allylic oxidation sites excluding steroid dienone is 4. The van der Waals surface area contributed by atoms with Crippen molar-refractivity contribution >= 4 is 11.9 Å². The number of nitrogens with zero attached hydrogens (tertiary/aromatic N) is 2. The molecule has 0 bridgehead atoms. The maximum atomic E-state index is 10.1. The van der Waals surface area contributed by atoms with Crippen LogP contribution in [0.2, 0.25) is 0 Å². The summed E-state index contributed by atoms with van der Waals surface area (Å²) in [6.07, 6.45) is 11.9. The Morgan fingerprint density at radius 3 is 2.32 bits per heavy atom. The van der Waals surface area contributed by atoms with Crippen LogP contribution in [0.5, 0.6) is 11.5 Å². The Balaban J connectivity index is 1.68. The fraction of sp³-hybridized carbons (Fsp3) is 0.0741. The molecule has 0 amide bonds. The van der Waals surface area contributed by atoms with Gasteiger partial charge in [0.15, 0.2) is 0 Å². The van der Waals surface area contributed by atoms with Crippen LogP contribution in [-0.2, 0) is 0 Å². The molecule has 3 aromatic carbocycles. The second-order valence-electron chi connectivity index (χ2n) is 7.22. The molecule has 1 aliphatic heterocycles. The molecule has 154 valence electrons. The number of aliphatic imine (C=N–C) groups is 1. The standard InChI is InChI=1S/C27H24N2O2/c30-24-16-15-23(27(31)18-24)19-28-20-26(22-12-6-2-7-13-22)29-17-9-3-8-14-25(29)21-10-4-1-5-11-21/h1-19,26,30-31H,20H2/b28-19+/t26-/m0/s1. The summed E-state index contributed by atoms with van der Waals surface area (Å²) in [6, 6.07) is 25.0. The molecular formula is C27H24N2O2. The summed E-state index contributed by atoms with van der Waals surface area (Å²) >= 11 is 0. The topological polar surface area (TPSA) is 56.1 Å². The van der Waals surface area contributed by atoms with Gasteiger partial charge < -0.3 is 15.1 Å². The summed E-state index contributed by atoms with van der Waals surface area (Å²) < 4.78 is 0. The van der Waals surface area contributed by atoms with Gasteiger partial charge in [0, 0.05) is 29.7 Å². The molecule has 4 nitrogen and oxygen atoms in total. The second kappa shape index (κ2) is 9.63. The van der Waals surface area contributed by atoms with E-state index in [1.807, 2.05) is 54.6 Å². The van der Waals surface area contributed by atoms with Gasteiger partial charge in [-0.15, -0.1) is 0 Å². The van der Waals surface area contributed by atoms with Crippen LogP contribution in [0, 0.1) is 0 Å². The number of hydrogen-bond donors (Lipinski definition) is 2. The summed E-state index contributed by atoms with van der Waals surface area (Å²) in [7, 11) is 0. The number of phenols is 2. The first-order valence-electron chi connectivity index (χ1n) is 10.2. The summed E-state index contributed by atoms with van der Waals surface area (Å²) in [5.74, 6) is 0.0282. The molecule has 1 atom stereocenters. The van der Waals surface area contributed by atoms with Crippen LogP contribution in [0.15, 0.2) is 114 Å². The van der Waals surface area contributed by atoms with E-state index >= 15 is 0 Å². The monoisotopic (exact) mass is 408 g/mol. The molecule has 2 N–H and O–H groups in total. The number of hydrogen-bond acceptors (Lipinski definition) is 4. The van der Waals surface area contributed by atoms with Crippen molar-refractivity contribution in [2.24, 2.45) is 4.99 Å². The molecule has 0 unspecified atom stereocenters. The summed E-state index contributed by atoms with van der Waals surface area (Å²) in [4.78, 5) is 6.89. The Morgan fingerprint density at radius 2 is 1.58 bits per heavy atom. The van der Waals surface area contributed by atoms with E-state index in [4.69, 9.17) is 0 Å². The Morgan fingerprint density at radius 1 is 0.839 bits per heavy atom. The zero-order valence-corrected chi connectivity index (χ0v) is 17.0. The van der Waals surface area contributed by atoms with Gasteiger partial charge in [0.2, 0.25) is 0 Å². The van der Waals surface area contributed by atoms with E-state index in [1.54, 1.807) is 12.3 Å². The van der Waals surface area contributed by atoms with E-state index in [9.17, 15) is 10.2 Å². The zero-order chi connectivity index (χ0) is 21.5. The second-order valence-corrected chi connectivity index (χ2v) is 7.22. The highest BCUT2D eigenvalue weighted by Crippen LogP contribution is 2.32. The lowest BCUT2D eigenvalue weighted by atomic mass is 10.0. The van der Waals surface area contributed by atoms with E-state index in [1.165, 1.54) is 12.1 Å². The van der Waals surface area contributed by atoms with Gasteiger partial charge in [-0.2, -0.15) is 0 Å². The van der Waals surface area contributed by atoms with Crippen molar-refractivity contribution in [1.29, 1.82) is 0 Å². The van der Waals surface area contributed by atoms with Crippen LogP contribution >= 0.6 is 0 Å². The lowest BCUT2D eigenvalue weighted by molar-refractivity contribution is 0.402. The SMILES string of the molecule is Oc1ccc(/C=N/C[C@@H](c2ccccc2)N2C=CC=CC=C2c2ccccc2)c(O)c1. The van der Waals surface area contributed by atoms with Gasteiger partial charge in [0.1, 0.15) is 11.5 Å². The third kappa shape index (κ3) is 4.93. The molecular weight excluding hydrogens is 384 g/mol. The molecule has 4 heteroatoms. The van der Waals surface area contributed by atoms with Gasteiger partial charge in [0.25, 0.3) is 0 Å². The maximum absolute atomic E-state index is 10.1. The van der Waals surface area contributed by atoms with E-state index in [0.29, 0.717) is 12.1 Å². The number of phenolic OH excluding ortho intramolecular Hbond substituents is 2. The van der Waals surface area contributed by atoms with Gasteiger partial charge in [-0.1, -0.05) is 72.8 Å². The summed E-state index contributed by atoms with van der Waals surface area (Å²) in [6.45, 7) is 0.485. The highest BCUT2D eigenvalue weighted by Gasteiger charge is 2.22. The van der Waals surface area contributed by atoms with Gasteiger partial charge in [-0.25, -0.2) is 0 Å². The average molecular weight is 409 g/mol. The molecule has 4 rings (SSSR count). The van der Waals surface area contributed by atoms with E-state index in [0.717, 1.165) is 16.8 Å². The molecule has 1 aliphatic rings. The van der Waals surface area contributed by atoms with Crippen LogP contribution < -0.4 is 0 Å². The lowest BCUT2D eigenvalue weighted by Gasteiger charge is -2.32. The zero-order valence-electron chi connectivity index (χ0n) is 17.0. The number of benzene rings is 3. The Hall–Kier alpha value is -4.05. The van der Waals surface area contributed by atoms with Crippen molar-refractivity contribution < 1.29 is 10.2 Å². The summed E-state index contributed by atoms with van der Waals surface area (Å²) in [5, 5.41) is 19.6. The van der Waals surface area contributed by atoms with Crippen LogP contribution in [0.25, 0.3) is 5.70 Å². The first-order valence-corrected chi connectivity index (χ1v) is 10.2. The Kier molecular flexibility index (Phi) is 6.29. The van der Waals surface area contributed by atoms with Crippen molar-refractivity contribution in [1.82, 2.24) is 4.90 Å². The highest BCUT2D eigenvalue weighted by atomic mass is 16.3. The third-order valence-corrected chi connectivity index (χ3v) is 5.11. The predicted molar refractivity (Wildman–Crippen MR) is 126 cm³/mol. The Labute approximate surface area is 182 Å². The van der Waals surface area contributed by atoms with Crippen molar-refractivity contribution in [2.45, 2.75) is 6.04 Å². The fourth-order valence-electron chi connectivity index (χ4n) is 3.57. The average Bonchev–Trinajstić information content (AvgIpc) is 3.05. The van der Waals surface area contributed by atoms with E-state index in [2.05, 4.69) is 46.4 Å². The van der Waals surface area contributed by atoms with Crippen molar-refractivity contribution in [3.63, 3.8) is 0 Å². The normalized spacial score (nSPS) is 14.5. The Bertz CT molecular complexity index is 1130. The molecule has 0 spiro atoms.